The Morgan fingerprint density at radius 3 is 2.89 bits per heavy atom. The lowest BCUT2D eigenvalue weighted by Crippen LogP contribution is -2.41. The molecule has 2 unspecified atom stereocenters. The van der Waals surface area contributed by atoms with Gasteiger partial charge in [-0.25, -0.2) is 9.97 Å². The van der Waals surface area contributed by atoms with Gasteiger partial charge in [0, 0.05) is 13.7 Å². The molecule has 2 atom stereocenters. The van der Waals surface area contributed by atoms with E-state index >= 15 is 0 Å². The summed E-state index contributed by atoms with van der Waals surface area (Å²) in [6.07, 6.45) is 6.19. The van der Waals surface area contributed by atoms with Crippen LogP contribution in [0.2, 0.25) is 0 Å². The Morgan fingerprint density at radius 2 is 2.26 bits per heavy atom. The molecule has 6 nitrogen and oxygen atoms in total. The van der Waals surface area contributed by atoms with Gasteiger partial charge in [0.05, 0.1) is 24.5 Å². The SMILES string of the molecule is CCNc1cnc(C(=O)NC2CCCC2OC)cn1. The average Bonchev–Trinajstić information content (AvgIpc) is 2.87. The molecule has 0 aromatic carbocycles. The minimum Gasteiger partial charge on any atom is -0.379 e. The number of carbonyl (C=O) groups excluding carboxylic acids is 1. The zero-order valence-electron chi connectivity index (χ0n) is 11.3. The van der Waals surface area contributed by atoms with Crippen molar-refractivity contribution in [1.29, 1.82) is 0 Å². The van der Waals surface area contributed by atoms with Crippen molar-refractivity contribution in [1.82, 2.24) is 15.3 Å². The third-order valence-corrected chi connectivity index (χ3v) is 3.31. The van der Waals surface area contributed by atoms with E-state index in [4.69, 9.17) is 4.74 Å². The quantitative estimate of drug-likeness (QED) is 0.836. The maximum Gasteiger partial charge on any atom is 0.271 e. The lowest BCUT2D eigenvalue weighted by Gasteiger charge is -2.19. The first-order chi connectivity index (χ1) is 9.24. The number of hydrogen-bond donors (Lipinski definition) is 2. The van der Waals surface area contributed by atoms with Crippen LogP contribution in [0.4, 0.5) is 5.82 Å². The fraction of sp³-hybridized carbons (Fsp3) is 0.615. The Kier molecular flexibility index (Phi) is 4.68. The standard InChI is InChI=1S/C13H20N4O2/c1-3-14-12-8-15-10(7-16-12)13(18)17-9-5-4-6-11(9)19-2/h7-9,11H,3-6H2,1-2H3,(H,14,16)(H,17,18). The van der Waals surface area contributed by atoms with Gasteiger partial charge < -0.3 is 15.4 Å². The first-order valence-electron chi connectivity index (χ1n) is 6.64. The van der Waals surface area contributed by atoms with Crippen LogP contribution < -0.4 is 10.6 Å². The zero-order chi connectivity index (χ0) is 13.7. The molecule has 1 fully saturated rings. The molecular formula is C13H20N4O2. The van der Waals surface area contributed by atoms with Crippen molar-refractivity contribution in [3.63, 3.8) is 0 Å². The van der Waals surface area contributed by atoms with Gasteiger partial charge in [-0.1, -0.05) is 0 Å². The minimum absolute atomic E-state index is 0.0766. The molecule has 0 bridgehead atoms. The molecule has 1 aliphatic carbocycles. The summed E-state index contributed by atoms with van der Waals surface area (Å²) in [7, 11) is 1.68. The predicted molar refractivity (Wildman–Crippen MR) is 72.1 cm³/mol. The molecule has 2 N–H and O–H groups in total. The van der Waals surface area contributed by atoms with Crippen molar-refractivity contribution in [3.8, 4) is 0 Å². The first-order valence-corrected chi connectivity index (χ1v) is 6.64. The lowest BCUT2D eigenvalue weighted by molar-refractivity contribution is 0.0719. The normalized spacial score (nSPS) is 22.2. The molecule has 2 rings (SSSR count). The largest absolute Gasteiger partial charge is 0.379 e. The molecule has 0 spiro atoms. The van der Waals surface area contributed by atoms with Crippen LogP contribution in [0.15, 0.2) is 12.4 Å². The van der Waals surface area contributed by atoms with Crippen molar-refractivity contribution < 1.29 is 9.53 Å². The van der Waals surface area contributed by atoms with Crippen molar-refractivity contribution >= 4 is 11.7 Å². The van der Waals surface area contributed by atoms with E-state index in [0.29, 0.717) is 11.5 Å². The second-order valence-electron chi connectivity index (χ2n) is 4.60. The molecule has 0 radical (unpaired) electrons. The molecule has 1 aliphatic rings. The maximum atomic E-state index is 12.0. The molecule has 1 saturated carbocycles. The lowest BCUT2D eigenvalue weighted by atomic mass is 10.2. The van der Waals surface area contributed by atoms with Crippen LogP contribution in [0.1, 0.15) is 36.7 Å². The number of nitrogens with one attached hydrogen (secondary N) is 2. The van der Waals surface area contributed by atoms with Crippen LogP contribution >= 0.6 is 0 Å². The van der Waals surface area contributed by atoms with Gasteiger partial charge in [-0.15, -0.1) is 0 Å². The number of carbonyl (C=O) groups is 1. The number of rotatable bonds is 5. The molecule has 19 heavy (non-hydrogen) atoms. The smallest absolute Gasteiger partial charge is 0.271 e. The number of aromatic nitrogens is 2. The Balaban J connectivity index is 1.95. The van der Waals surface area contributed by atoms with Crippen molar-refractivity contribution in [2.24, 2.45) is 0 Å². The second kappa shape index (κ2) is 6.47. The molecule has 1 heterocycles. The molecule has 104 valence electrons. The van der Waals surface area contributed by atoms with Crippen LogP contribution in [0.5, 0.6) is 0 Å². The summed E-state index contributed by atoms with van der Waals surface area (Å²) in [5, 5.41) is 6.00. The Morgan fingerprint density at radius 1 is 1.42 bits per heavy atom. The summed E-state index contributed by atoms with van der Waals surface area (Å²) in [5.41, 5.74) is 0.336. The van der Waals surface area contributed by atoms with Crippen LogP contribution in [0.3, 0.4) is 0 Å². The maximum absolute atomic E-state index is 12.0. The number of amides is 1. The summed E-state index contributed by atoms with van der Waals surface area (Å²) in [6.45, 7) is 2.76. The minimum atomic E-state index is -0.190. The van der Waals surface area contributed by atoms with E-state index in [0.717, 1.165) is 25.8 Å². The van der Waals surface area contributed by atoms with Gasteiger partial charge in [0.15, 0.2) is 0 Å². The topological polar surface area (TPSA) is 76.1 Å². The van der Waals surface area contributed by atoms with Crippen LogP contribution in [-0.2, 0) is 4.74 Å². The molecular weight excluding hydrogens is 244 g/mol. The van der Waals surface area contributed by atoms with Crippen LogP contribution in [-0.4, -0.2) is 41.7 Å². The Bertz CT molecular complexity index is 421. The van der Waals surface area contributed by atoms with Gasteiger partial charge in [-0.3, -0.25) is 4.79 Å². The van der Waals surface area contributed by atoms with Crippen LogP contribution in [0, 0.1) is 0 Å². The van der Waals surface area contributed by atoms with E-state index in [-0.39, 0.29) is 18.1 Å². The summed E-state index contributed by atoms with van der Waals surface area (Å²) < 4.78 is 5.35. The van der Waals surface area contributed by atoms with E-state index in [1.54, 1.807) is 13.3 Å². The highest BCUT2D eigenvalue weighted by atomic mass is 16.5. The summed E-state index contributed by atoms with van der Waals surface area (Å²) >= 11 is 0. The highest BCUT2D eigenvalue weighted by molar-refractivity contribution is 5.92. The Labute approximate surface area is 113 Å². The van der Waals surface area contributed by atoms with Gasteiger partial charge in [0.25, 0.3) is 5.91 Å². The van der Waals surface area contributed by atoms with Gasteiger partial charge >= 0.3 is 0 Å². The first kappa shape index (κ1) is 13.7. The highest BCUT2D eigenvalue weighted by Gasteiger charge is 2.28. The van der Waals surface area contributed by atoms with Gasteiger partial charge in [-0.05, 0) is 26.2 Å². The summed E-state index contributed by atoms with van der Waals surface area (Å²) in [4.78, 5) is 20.3. The van der Waals surface area contributed by atoms with Gasteiger partial charge in [0.1, 0.15) is 11.5 Å². The fourth-order valence-electron chi connectivity index (χ4n) is 2.33. The van der Waals surface area contributed by atoms with Crippen molar-refractivity contribution in [2.75, 3.05) is 19.0 Å². The number of ether oxygens (including phenoxy) is 1. The third-order valence-electron chi connectivity index (χ3n) is 3.31. The van der Waals surface area contributed by atoms with Crippen LogP contribution in [0.25, 0.3) is 0 Å². The zero-order valence-corrected chi connectivity index (χ0v) is 11.3. The monoisotopic (exact) mass is 264 g/mol. The molecule has 1 aromatic heterocycles. The predicted octanol–water partition coefficient (Wildman–Crippen LogP) is 1.21. The molecule has 0 aliphatic heterocycles. The van der Waals surface area contributed by atoms with E-state index in [1.165, 1.54) is 6.20 Å². The fourth-order valence-corrected chi connectivity index (χ4v) is 2.33. The average molecular weight is 264 g/mol. The third kappa shape index (κ3) is 3.41. The van der Waals surface area contributed by atoms with Crippen molar-refractivity contribution in [2.45, 2.75) is 38.3 Å². The van der Waals surface area contributed by atoms with Gasteiger partial charge in [-0.2, -0.15) is 0 Å². The highest BCUT2D eigenvalue weighted by Crippen LogP contribution is 2.21. The molecule has 6 heteroatoms. The van der Waals surface area contributed by atoms with E-state index in [9.17, 15) is 4.79 Å². The van der Waals surface area contributed by atoms with E-state index in [1.807, 2.05) is 6.92 Å². The molecule has 1 amide bonds. The number of anilines is 1. The van der Waals surface area contributed by atoms with Crippen molar-refractivity contribution in [3.05, 3.63) is 18.1 Å². The second-order valence-corrected chi connectivity index (χ2v) is 4.60. The Hall–Kier alpha value is -1.69. The summed E-state index contributed by atoms with van der Waals surface area (Å²) in [5.74, 6) is 0.485. The number of methoxy groups -OCH3 is 1. The number of hydrogen-bond acceptors (Lipinski definition) is 5. The van der Waals surface area contributed by atoms with E-state index in [2.05, 4.69) is 20.6 Å². The molecule has 1 aromatic rings. The summed E-state index contributed by atoms with van der Waals surface area (Å²) in [6, 6.07) is 0.0766. The molecule has 0 saturated heterocycles. The number of nitrogens with zero attached hydrogens (tertiary/aromatic N) is 2. The van der Waals surface area contributed by atoms with E-state index < -0.39 is 0 Å². The van der Waals surface area contributed by atoms with Gasteiger partial charge in [0.2, 0.25) is 0 Å².